The molecule has 2 aliphatic rings. The molecule has 40 heavy (non-hydrogen) atoms. The number of halogens is 1. The third-order valence-electron chi connectivity index (χ3n) is 6.93. The Morgan fingerprint density at radius 2 is 1.85 bits per heavy atom. The number of hydrogen-bond donors (Lipinski definition) is 4. The number of nitrogens with zero attached hydrogens (tertiary/aromatic N) is 4. The molecule has 0 spiro atoms. The summed E-state index contributed by atoms with van der Waals surface area (Å²) in [5.41, 5.74) is 4.87. The number of pyridine rings is 1. The lowest BCUT2D eigenvalue weighted by atomic mass is 10.0. The van der Waals surface area contributed by atoms with Crippen molar-refractivity contribution < 1.29 is 9.59 Å². The van der Waals surface area contributed by atoms with Crippen molar-refractivity contribution >= 4 is 52.4 Å². The Bertz CT molecular complexity index is 1570. The number of nitrogens with one attached hydrogen (secondary N) is 4. The van der Waals surface area contributed by atoms with Gasteiger partial charge in [-0.05, 0) is 66.8 Å². The number of aryl methyl sites for hydroxylation is 2. The number of urea groups is 1. The van der Waals surface area contributed by atoms with Crippen molar-refractivity contribution in [1.82, 2.24) is 25.2 Å². The van der Waals surface area contributed by atoms with Crippen molar-refractivity contribution in [3.05, 3.63) is 94.9 Å². The van der Waals surface area contributed by atoms with E-state index in [4.69, 9.17) is 11.6 Å². The highest BCUT2D eigenvalue weighted by Crippen LogP contribution is 2.29. The van der Waals surface area contributed by atoms with Crippen LogP contribution in [0.15, 0.2) is 73.2 Å². The molecule has 0 aliphatic carbocycles. The Morgan fingerprint density at radius 1 is 0.975 bits per heavy atom. The minimum absolute atomic E-state index is 0.0238. The third kappa shape index (κ3) is 5.81. The first kappa shape index (κ1) is 25.6. The lowest BCUT2D eigenvalue weighted by Gasteiger charge is -2.18. The molecule has 4 N–H and O–H groups in total. The molecule has 202 valence electrons. The van der Waals surface area contributed by atoms with Gasteiger partial charge in [0.1, 0.15) is 5.02 Å². The van der Waals surface area contributed by atoms with Crippen LogP contribution >= 0.6 is 11.6 Å². The minimum atomic E-state index is -0.310. The molecular weight excluding hydrogens is 528 g/mol. The van der Waals surface area contributed by atoms with Crippen LogP contribution in [-0.2, 0) is 12.8 Å². The molecule has 1 atom stereocenters. The molecule has 0 radical (unpaired) electrons. The molecular formula is C29H27ClN8O2. The second-order valence-corrected chi connectivity index (χ2v) is 10.2. The number of rotatable bonds is 3. The number of benzene rings is 2. The first-order valence-electron chi connectivity index (χ1n) is 13.1. The largest absolute Gasteiger partial charge is 0.339 e. The van der Waals surface area contributed by atoms with Crippen molar-refractivity contribution in [3.63, 3.8) is 0 Å². The van der Waals surface area contributed by atoms with Gasteiger partial charge in [-0.2, -0.15) is 4.98 Å². The number of carbonyl (C=O) groups is 2. The maximum Gasteiger partial charge on any atom is 0.319 e. The minimum Gasteiger partial charge on any atom is -0.339 e. The zero-order chi connectivity index (χ0) is 27.5. The van der Waals surface area contributed by atoms with E-state index in [2.05, 4.69) is 36.2 Å². The summed E-state index contributed by atoms with van der Waals surface area (Å²) in [6.07, 6.45) is 7.14. The lowest BCUT2D eigenvalue weighted by molar-refractivity contribution is 0.0789. The molecule has 4 heterocycles. The molecule has 2 aromatic heterocycles. The van der Waals surface area contributed by atoms with Gasteiger partial charge in [0.05, 0.1) is 18.1 Å². The van der Waals surface area contributed by atoms with E-state index in [1.165, 1.54) is 6.20 Å². The maximum absolute atomic E-state index is 13.0. The lowest BCUT2D eigenvalue weighted by Crippen LogP contribution is -2.40. The number of likely N-dealkylation sites (tertiary alicyclic amines) is 1. The predicted octanol–water partition coefficient (Wildman–Crippen LogP) is 5.15. The van der Waals surface area contributed by atoms with Gasteiger partial charge < -0.3 is 26.2 Å². The van der Waals surface area contributed by atoms with Gasteiger partial charge in [0, 0.05) is 42.3 Å². The highest BCUT2D eigenvalue weighted by atomic mass is 35.5. The van der Waals surface area contributed by atoms with Gasteiger partial charge in [-0.1, -0.05) is 29.8 Å². The molecule has 10 nitrogen and oxygen atoms in total. The summed E-state index contributed by atoms with van der Waals surface area (Å²) < 4.78 is 0. The van der Waals surface area contributed by atoms with E-state index in [1.54, 1.807) is 23.2 Å². The molecule has 6 bridgehead atoms. The van der Waals surface area contributed by atoms with Gasteiger partial charge >= 0.3 is 6.03 Å². The van der Waals surface area contributed by atoms with Crippen molar-refractivity contribution in [3.8, 4) is 0 Å². The number of fused-ring (bicyclic) bond motifs is 6. The summed E-state index contributed by atoms with van der Waals surface area (Å²) in [7, 11) is 0. The van der Waals surface area contributed by atoms with Crippen LogP contribution in [0, 0.1) is 0 Å². The number of amides is 3. The summed E-state index contributed by atoms with van der Waals surface area (Å²) >= 11 is 6.36. The van der Waals surface area contributed by atoms with Crippen LogP contribution in [0.2, 0.25) is 5.02 Å². The van der Waals surface area contributed by atoms with E-state index in [0.717, 1.165) is 22.5 Å². The molecule has 2 aliphatic heterocycles. The van der Waals surface area contributed by atoms with Gasteiger partial charge in [-0.15, -0.1) is 0 Å². The monoisotopic (exact) mass is 554 g/mol. The number of aromatic nitrogens is 3. The van der Waals surface area contributed by atoms with Crippen LogP contribution in [0.25, 0.3) is 0 Å². The van der Waals surface area contributed by atoms with Crippen LogP contribution in [-0.4, -0.2) is 50.9 Å². The second-order valence-electron chi connectivity index (χ2n) is 9.80. The number of anilines is 5. The summed E-state index contributed by atoms with van der Waals surface area (Å²) in [5, 5.41) is 12.9. The Morgan fingerprint density at radius 3 is 2.73 bits per heavy atom. The number of hydrogen-bond acceptors (Lipinski definition) is 7. The number of carbonyl (C=O) groups excluding carboxylic acids is 2. The molecule has 6 rings (SSSR count). The highest BCUT2D eigenvalue weighted by Gasteiger charge is 2.28. The fourth-order valence-electron chi connectivity index (χ4n) is 4.92. The molecule has 1 unspecified atom stereocenters. The topological polar surface area (TPSA) is 124 Å². The van der Waals surface area contributed by atoms with Crippen LogP contribution in [0.5, 0.6) is 0 Å². The first-order chi connectivity index (χ1) is 19.5. The fraction of sp³-hybridized carbons (Fsp3) is 0.207. The van der Waals surface area contributed by atoms with E-state index >= 15 is 0 Å². The van der Waals surface area contributed by atoms with Crippen LogP contribution < -0.4 is 21.3 Å². The molecule has 4 aromatic rings. The van der Waals surface area contributed by atoms with Crippen LogP contribution in [0.1, 0.15) is 27.9 Å². The quantitative estimate of drug-likeness (QED) is 0.276. The van der Waals surface area contributed by atoms with Crippen LogP contribution in [0.4, 0.5) is 33.6 Å². The smallest absolute Gasteiger partial charge is 0.319 e. The van der Waals surface area contributed by atoms with E-state index < -0.39 is 0 Å². The normalized spacial score (nSPS) is 15.9. The van der Waals surface area contributed by atoms with E-state index in [9.17, 15) is 9.59 Å². The summed E-state index contributed by atoms with van der Waals surface area (Å²) in [6, 6.07) is 16.5. The average molecular weight is 555 g/mol. The highest BCUT2D eigenvalue weighted by molar-refractivity contribution is 6.32. The Labute approximate surface area is 236 Å². The van der Waals surface area contributed by atoms with Crippen molar-refractivity contribution in [2.24, 2.45) is 0 Å². The summed E-state index contributed by atoms with van der Waals surface area (Å²) in [5.74, 6) is 0.836. The van der Waals surface area contributed by atoms with Gasteiger partial charge in [0.25, 0.3) is 5.91 Å². The van der Waals surface area contributed by atoms with Gasteiger partial charge in [-0.25, -0.2) is 9.78 Å². The SMILES string of the molecule is O=C(Nc1ccc2cc1CCc1cncc(c1)Nc1ncc(Cl)c(n1)N2)NC1CCN(C(=O)c2ccccc2)C1. The maximum atomic E-state index is 13.0. The summed E-state index contributed by atoms with van der Waals surface area (Å²) in [4.78, 5) is 40.7. The molecule has 1 saturated heterocycles. The fourth-order valence-corrected chi connectivity index (χ4v) is 5.06. The Balaban J connectivity index is 1.18. The Kier molecular flexibility index (Phi) is 7.15. The van der Waals surface area contributed by atoms with Crippen molar-refractivity contribution in [2.75, 3.05) is 29.0 Å². The molecule has 1 fully saturated rings. The molecule has 3 amide bonds. The Hall–Kier alpha value is -4.70. The zero-order valence-electron chi connectivity index (χ0n) is 21.5. The summed E-state index contributed by atoms with van der Waals surface area (Å²) in [6.45, 7) is 1.06. The van der Waals surface area contributed by atoms with Gasteiger partial charge in [-0.3, -0.25) is 9.78 Å². The third-order valence-corrected chi connectivity index (χ3v) is 7.20. The first-order valence-corrected chi connectivity index (χ1v) is 13.4. The average Bonchev–Trinajstić information content (AvgIpc) is 3.43. The van der Waals surface area contributed by atoms with E-state index in [1.807, 2.05) is 48.7 Å². The van der Waals surface area contributed by atoms with Gasteiger partial charge in [0.2, 0.25) is 5.95 Å². The van der Waals surface area contributed by atoms with Crippen LogP contribution in [0.3, 0.4) is 0 Å². The predicted molar refractivity (Wildman–Crippen MR) is 155 cm³/mol. The van der Waals surface area contributed by atoms with Gasteiger partial charge in [0.15, 0.2) is 5.82 Å². The van der Waals surface area contributed by atoms with Crippen molar-refractivity contribution in [2.45, 2.75) is 25.3 Å². The van der Waals surface area contributed by atoms with E-state index in [0.29, 0.717) is 60.4 Å². The van der Waals surface area contributed by atoms with E-state index in [-0.39, 0.29) is 18.0 Å². The molecule has 2 aromatic carbocycles. The standard InChI is InChI=1S/C29H27ClN8O2/c30-24-16-32-28-34-23-12-18(14-31-15-23)6-7-20-13-21(33-26(24)37-28)8-9-25(20)36-29(40)35-22-10-11-38(17-22)27(39)19-4-2-1-3-5-19/h1-5,8-9,12-16,22H,6-7,10-11,17H2,(H2,35,36,40)(H2,32,33,34,37). The molecule has 11 heteroatoms. The zero-order valence-corrected chi connectivity index (χ0v) is 22.3. The molecule has 0 saturated carbocycles. The second kappa shape index (κ2) is 11.2. The van der Waals surface area contributed by atoms with Crippen molar-refractivity contribution in [1.29, 1.82) is 0 Å².